The Morgan fingerprint density at radius 2 is 1.56 bits per heavy atom. The second kappa shape index (κ2) is 4.96. The number of hydrogen-bond acceptors (Lipinski definition) is 1. The number of halogens is 2. The Morgan fingerprint density at radius 3 is 2.17 bits per heavy atom. The zero-order valence-corrected chi connectivity index (χ0v) is 9.44. The first-order valence-corrected chi connectivity index (χ1v) is 5.38. The van der Waals surface area contributed by atoms with Crippen molar-refractivity contribution in [3.8, 4) is 11.1 Å². The van der Waals surface area contributed by atoms with Gasteiger partial charge in [0.05, 0.1) is 0 Å². The van der Waals surface area contributed by atoms with Gasteiger partial charge in [0.2, 0.25) is 6.17 Å². The predicted octanol–water partition coefficient (Wildman–Crippen LogP) is 2.99. The maximum Gasteiger partial charge on any atom is 0.256 e. The lowest BCUT2D eigenvalue weighted by molar-refractivity contribution is -0.122. The summed E-state index contributed by atoms with van der Waals surface area (Å²) in [6, 6.07) is 12.2. The van der Waals surface area contributed by atoms with Gasteiger partial charge in [-0.1, -0.05) is 42.5 Å². The van der Waals surface area contributed by atoms with E-state index in [0.717, 1.165) is 0 Å². The van der Waals surface area contributed by atoms with Crippen LogP contribution in [0.3, 0.4) is 0 Å². The van der Waals surface area contributed by atoms with Crippen molar-refractivity contribution in [2.45, 2.75) is 6.17 Å². The van der Waals surface area contributed by atoms with E-state index in [2.05, 4.69) is 0 Å². The van der Waals surface area contributed by atoms with Crippen molar-refractivity contribution in [3.05, 3.63) is 59.9 Å². The Hall–Kier alpha value is -2.23. The van der Waals surface area contributed by atoms with E-state index in [1.165, 1.54) is 18.2 Å². The highest BCUT2D eigenvalue weighted by atomic mass is 19.1. The van der Waals surface area contributed by atoms with E-state index in [4.69, 9.17) is 5.73 Å². The number of carbonyl (C=O) groups is 1. The van der Waals surface area contributed by atoms with Gasteiger partial charge in [-0.25, -0.2) is 8.78 Å². The minimum absolute atomic E-state index is 0.0788. The van der Waals surface area contributed by atoms with Gasteiger partial charge in [0.25, 0.3) is 5.91 Å². The highest BCUT2D eigenvalue weighted by molar-refractivity contribution is 5.83. The summed E-state index contributed by atoms with van der Waals surface area (Å²) >= 11 is 0. The third kappa shape index (κ3) is 2.22. The van der Waals surface area contributed by atoms with Crippen LogP contribution in [0.15, 0.2) is 48.5 Å². The molecule has 0 heterocycles. The molecule has 92 valence electrons. The minimum Gasteiger partial charge on any atom is -0.367 e. The quantitative estimate of drug-likeness (QED) is 0.890. The van der Waals surface area contributed by atoms with E-state index >= 15 is 0 Å². The molecule has 0 aliphatic heterocycles. The summed E-state index contributed by atoms with van der Waals surface area (Å²) in [5.41, 5.74) is 5.61. The molecular formula is C14H11F2NO. The molecule has 2 nitrogen and oxygen atoms in total. The van der Waals surface area contributed by atoms with Crippen molar-refractivity contribution in [3.63, 3.8) is 0 Å². The molecule has 0 saturated heterocycles. The van der Waals surface area contributed by atoms with Gasteiger partial charge in [0, 0.05) is 11.1 Å². The van der Waals surface area contributed by atoms with Crippen LogP contribution in [0.1, 0.15) is 11.7 Å². The number of carbonyl (C=O) groups excluding carboxylic acids is 1. The Bertz CT molecular complexity index is 584. The van der Waals surface area contributed by atoms with Crippen molar-refractivity contribution in [1.29, 1.82) is 0 Å². The standard InChI is InChI=1S/C14H11F2NO/c15-12-8-4-3-6-10(12)9-5-1-2-7-11(9)13(16)14(17)18/h1-8,13H,(H2,17,18). The van der Waals surface area contributed by atoms with Gasteiger partial charge >= 0.3 is 0 Å². The molecular weight excluding hydrogens is 236 g/mol. The first-order chi connectivity index (χ1) is 8.61. The van der Waals surface area contributed by atoms with Crippen molar-refractivity contribution >= 4 is 5.91 Å². The average molecular weight is 247 g/mol. The molecule has 0 aliphatic rings. The molecule has 0 radical (unpaired) electrons. The minimum atomic E-state index is -1.94. The Balaban J connectivity index is 2.59. The van der Waals surface area contributed by atoms with Crippen LogP contribution < -0.4 is 5.73 Å². The predicted molar refractivity (Wildman–Crippen MR) is 64.9 cm³/mol. The van der Waals surface area contributed by atoms with Crippen LogP contribution in [0.5, 0.6) is 0 Å². The lowest BCUT2D eigenvalue weighted by Crippen LogP contribution is -2.18. The van der Waals surface area contributed by atoms with Crippen molar-refractivity contribution in [2.75, 3.05) is 0 Å². The number of amides is 1. The molecule has 4 heteroatoms. The fraction of sp³-hybridized carbons (Fsp3) is 0.0714. The molecule has 0 aromatic heterocycles. The largest absolute Gasteiger partial charge is 0.367 e. The number of nitrogens with two attached hydrogens (primary N) is 1. The van der Waals surface area contributed by atoms with Gasteiger partial charge in [-0.3, -0.25) is 4.79 Å². The van der Waals surface area contributed by atoms with Gasteiger partial charge in [-0.2, -0.15) is 0 Å². The van der Waals surface area contributed by atoms with Crippen molar-refractivity contribution in [2.24, 2.45) is 5.73 Å². The second-order valence-electron chi connectivity index (χ2n) is 3.83. The molecule has 2 aromatic rings. The average Bonchev–Trinajstić information content (AvgIpc) is 2.38. The SMILES string of the molecule is NC(=O)C(F)c1ccccc1-c1ccccc1F. The van der Waals surface area contributed by atoms with Crippen LogP contribution in [0.2, 0.25) is 0 Å². The molecule has 0 spiro atoms. The molecule has 1 atom stereocenters. The van der Waals surface area contributed by atoms with Crippen LogP contribution in [0.25, 0.3) is 11.1 Å². The normalized spacial score (nSPS) is 12.1. The first kappa shape index (κ1) is 12.2. The molecule has 0 bridgehead atoms. The Labute approximate surface area is 103 Å². The zero-order chi connectivity index (χ0) is 13.1. The van der Waals surface area contributed by atoms with Crippen molar-refractivity contribution in [1.82, 2.24) is 0 Å². The smallest absolute Gasteiger partial charge is 0.256 e. The number of benzene rings is 2. The lowest BCUT2D eigenvalue weighted by Gasteiger charge is -2.12. The maximum atomic E-state index is 13.7. The monoisotopic (exact) mass is 247 g/mol. The van der Waals surface area contributed by atoms with Crippen LogP contribution >= 0.6 is 0 Å². The molecule has 18 heavy (non-hydrogen) atoms. The molecule has 2 aromatic carbocycles. The molecule has 0 saturated carbocycles. The Kier molecular flexibility index (Phi) is 3.37. The summed E-state index contributed by atoms with van der Waals surface area (Å²) in [4.78, 5) is 10.9. The lowest BCUT2D eigenvalue weighted by atomic mass is 9.96. The number of rotatable bonds is 3. The van der Waals surface area contributed by atoms with E-state index in [1.807, 2.05) is 0 Å². The highest BCUT2D eigenvalue weighted by Gasteiger charge is 2.21. The van der Waals surface area contributed by atoms with Crippen LogP contribution in [0, 0.1) is 5.82 Å². The third-order valence-corrected chi connectivity index (χ3v) is 2.65. The van der Waals surface area contributed by atoms with Gasteiger partial charge in [-0.15, -0.1) is 0 Å². The molecule has 1 unspecified atom stereocenters. The summed E-state index contributed by atoms with van der Waals surface area (Å²) in [6.07, 6.45) is -1.94. The van der Waals surface area contributed by atoms with Crippen molar-refractivity contribution < 1.29 is 13.6 Å². The van der Waals surface area contributed by atoms with Crippen LogP contribution in [-0.2, 0) is 4.79 Å². The summed E-state index contributed by atoms with van der Waals surface area (Å²) in [6.45, 7) is 0. The fourth-order valence-corrected chi connectivity index (χ4v) is 1.80. The van der Waals surface area contributed by atoms with Gasteiger partial charge < -0.3 is 5.73 Å². The molecule has 2 rings (SSSR count). The van der Waals surface area contributed by atoms with E-state index < -0.39 is 17.9 Å². The van der Waals surface area contributed by atoms with E-state index in [-0.39, 0.29) is 11.1 Å². The summed E-state index contributed by atoms with van der Waals surface area (Å²) in [5.74, 6) is -1.56. The second-order valence-corrected chi connectivity index (χ2v) is 3.83. The van der Waals surface area contributed by atoms with Gasteiger partial charge in [0.15, 0.2) is 0 Å². The molecule has 0 aliphatic carbocycles. The van der Waals surface area contributed by atoms with E-state index in [0.29, 0.717) is 5.56 Å². The van der Waals surface area contributed by atoms with E-state index in [1.54, 1.807) is 30.3 Å². The molecule has 0 fully saturated rings. The van der Waals surface area contributed by atoms with Gasteiger partial charge in [0.1, 0.15) is 5.82 Å². The fourth-order valence-electron chi connectivity index (χ4n) is 1.80. The topological polar surface area (TPSA) is 43.1 Å². The maximum absolute atomic E-state index is 13.7. The Morgan fingerprint density at radius 1 is 1.00 bits per heavy atom. The number of hydrogen-bond donors (Lipinski definition) is 1. The zero-order valence-electron chi connectivity index (χ0n) is 9.44. The molecule has 2 N–H and O–H groups in total. The number of primary amides is 1. The number of alkyl halides is 1. The van der Waals surface area contributed by atoms with Gasteiger partial charge in [-0.05, 0) is 11.6 Å². The third-order valence-electron chi connectivity index (χ3n) is 2.65. The highest BCUT2D eigenvalue weighted by Crippen LogP contribution is 2.31. The summed E-state index contributed by atoms with van der Waals surface area (Å²) in [7, 11) is 0. The summed E-state index contributed by atoms with van der Waals surface area (Å²) < 4.78 is 27.4. The first-order valence-electron chi connectivity index (χ1n) is 5.38. The van der Waals surface area contributed by atoms with Crippen LogP contribution in [-0.4, -0.2) is 5.91 Å². The van der Waals surface area contributed by atoms with E-state index in [9.17, 15) is 13.6 Å². The molecule has 1 amide bonds. The summed E-state index contributed by atoms with van der Waals surface area (Å²) in [5, 5.41) is 0. The van der Waals surface area contributed by atoms with Crippen LogP contribution in [0.4, 0.5) is 8.78 Å².